The van der Waals surface area contributed by atoms with Gasteiger partial charge < -0.3 is 5.32 Å². The molecule has 0 radical (unpaired) electrons. The van der Waals surface area contributed by atoms with Crippen LogP contribution < -0.4 is 5.32 Å². The number of rotatable bonds is 5. The van der Waals surface area contributed by atoms with Crippen LogP contribution in [0, 0.1) is 0 Å². The van der Waals surface area contributed by atoms with Gasteiger partial charge in [0.2, 0.25) is 5.91 Å². The fourth-order valence-electron chi connectivity index (χ4n) is 1.45. The highest BCUT2D eigenvalue weighted by molar-refractivity contribution is 8.01. The van der Waals surface area contributed by atoms with Gasteiger partial charge in [-0.15, -0.1) is 11.8 Å². The largest absolute Gasteiger partial charge is 0.302 e. The maximum Gasteiger partial charge on any atom is 0.223 e. The molecule has 94 valence electrons. The molecule has 0 spiro atoms. The van der Waals surface area contributed by atoms with Crippen molar-refractivity contribution in [2.24, 2.45) is 0 Å². The Kier molecular flexibility index (Phi) is 4.78. The summed E-state index contributed by atoms with van der Waals surface area (Å²) in [7, 11) is 0. The van der Waals surface area contributed by atoms with Crippen molar-refractivity contribution in [1.29, 1.82) is 0 Å². The van der Waals surface area contributed by atoms with Gasteiger partial charge in [0.25, 0.3) is 0 Å². The van der Waals surface area contributed by atoms with Crippen LogP contribution in [0.25, 0.3) is 0 Å². The number of nitrogens with zero attached hydrogens (tertiary/aromatic N) is 1. The van der Waals surface area contributed by atoms with Gasteiger partial charge in [0.05, 0.1) is 10.4 Å². The third kappa shape index (κ3) is 4.16. The first-order chi connectivity index (χ1) is 8.74. The van der Waals surface area contributed by atoms with E-state index in [4.69, 9.17) is 0 Å². The number of carbonyl (C=O) groups excluding carboxylic acids is 1. The van der Waals surface area contributed by atoms with E-state index < -0.39 is 0 Å². The number of hydrogen-bond donors (Lipinski definition) is 1. The second-order valence-corrected chi connectivity index (χ2v) is 6.18. The van der Waals surface area contributed by atoms with E-state index in [1.54, 1.807) is 11.8 Å². The first-order valence-corrected chi connectivity index (χ1v) is 7.44. The van der Waals surface area contributed by atoms with Crippen LogP contribution >= 0.6 is 23.1 Å². The van der Waals surface area contributed by atoms with Gasteiger partial charge in [-0.25, -0.2) is 4.98 Å². The molecule has 2 aromatic rings. The molecular weight excluding hydrogens is 264 g/mol. The van der Waals surface area contributed by atoms with Crippen molar-refractivity contribution in [3.63, 3.8) is 0 Å². The predicted octanol–water partition coefficient (Wildman–Crippen LogP) is 3.44. The number of aromatic nitrogens is 1. The maximum absolute atomic E-state index is 10.9. The number of amides is 1. The average molecular weight is 278 g/mol. The van der Waals surface area contributed by atoms with E-state index in [0.29, 0.717) is 5.13 Å². The number of thiazole rings is 1. The van der Waals surface area contributed by atoms with Crippen LogP contribution in [0.2, 0.25) is 0 Å². The van der Waals surface area contributed by atoms with Crippen LogP contribution in [0.15, 0.2) is 40.7 Å². The van der Waals surface area contributed by atoms with Crippen LogP contribution in [-0.4, -0.2) is 16.6 Å². The van der Waals surface area contributed by atoms with Crippen LogP contribution in [0.3, 0.4) is 0 Å². The van der Waals surface area contributed by atoms with Gasteiger partial charge in [0.1, 0.15) is 0 Å². The van der Waals surface area contributed by atoms with Gasteiger partial charge in [-0.05, 0) is 12.0 Å². The molecule has 3 nitrogen and oxygen atoms in total. The Bertz CT molecular complexity index is 511. The Labute approximate surface area is 115 Å². The summed E-state index contributed by atoms with van der Waals surface area (Å²) < 4.78 is 1.13. The van der Waals surface area contributed by atoms with E-state index in [2.05, 4.69) is 34.6 Å². The molecule has 5 heteroatoms. The summed E-state index contributed by atoms with van der Waals surface area (Å²) in [4.78, 5) is 15.0. The number of hydrogen-bond acceptors (Lipinski definition) is 4. The van der Waals surface area contributed by atoms with Gasteiger partial charge in [0.15, 0.2) is 5.13 Å². The second-order valence-electron chi connectivity index (χ2n) is 3.75. The molecule has 0 atom stereocenters. The van der Waals surface area contributed by atoms with Crippen molar-refractivity contribution in [2.45, 2.75) is 17.6 Å². The SMILES string of the molecule is CC(=O)Nc1ncc(SCCc2ccccc2)s1. The molecule has 0 saturated carbocycles. The van der Waals surface area contributed by atoms with E-state index in [1.165, 1.54) is 23.8 Å². The molecular formula is C13H14N2OS2. The third-order valence-electron chi connectivity index (χ3n) is 2.25. The first-order valence-electron chi connectivity index (χ1n) is 5.64. The topological polar surface area (TPSA) is 42.0 Å². The minimum absolute atomic E-state index is 0.0785. The van der Waals surface area contributed by atoms with Gasteiger partial charge in [-0.1, -0.05) is 41.7 Å². The normalized spacial score (nSPS) is 10.3. The molecule has 18 heavy (non-hydrogen) atoms. The summed E-state index contributed by atoms with van der Waals surface area (Å²) in [6.07, 6.45) is 2.85. The number of carbonyl (C=O) groups is 1. The molecule has 1 heterocycles. The van der Waals surface area contributed by atoms with Crippen molar-refractivity contribution in [2.75, 3.05) is 11.1 Å². The minimum Gasteiger partial charge on any atom is -0.302 e. The van der Waals surface area contributed by atoms with Crippen molar-refractivity contribution in [1.82, 2.24) is 4.98 Å². The van der Waals surface area contributed by atoms with Crippen LogP contribution in [0.5, 0.6) is 0 Å². The molecule has 0 bridgehead atoms. The Morgan fingerprint density at radius 2 is 2.17 bits per heavy atom. The lowest BCUT2D eigenvalue weighted by Crippen LogP contribution is -2.04. The summed E-state index contributed by atoms with van der Waals surface area (Å²) in [5.41, 5.74) is 1.34. The predicted molar refractivity (Wildman–Crippen MR) is 77.3 cm³/mol. The monoisotopic (exact) mass is 278 g/mol. The number of nitrogens with one attached hydrogen (secondary N) is 1. The maximum atomic E-state index is 10.9. The fraction of sp³-hybridized carbons (Fsp3) is 0.231. The minimum atomic E-state index is -0.0785. The quantitative estimate of drug-likeness (QED) is 0.852. The standard InChI is InChI=1S/C13H14N2OS2/c1-10(16)15-13-14-9-12(18-13)17-8-7-11-5-3-2-4-6-11/h2-6,9H,7-8H2,1H3,(H,14,15,16). The lowest BCUT2D eigenvalue weighted by atomic mass is 10.2. The third-order valence-corrected chi connectivity index (χ3v) is 4.35. The Morgan fingerprint density at radius 1 is 1.39 bits per heavy atom. The van der Waals surface area contributed by atoms with E-state index in [0.717, 1.165) is 16.4 Å². The van der Waals surface area contributed by atoms with E-state index >= 15 is 0 Å². The van der Waals surface area contributed by atoms with Crippen LogP contribution in [0.4, 0.5) is 5.13 Å². The second kappa shape index (κ2) is 6.56. The molecule has 0 saturated heterocycles. The summed E-state index contributed by atoms with van der Waals surface area (Å²) >= 11 is 3.28. The fourth-order valence-corrected chi connectivity index (χ4v) is 3.43. The number of aryl methyl sites for hydroxylation is 1. The zero-order chi connectivity index (χ0) is 12.8. The average Bonchev–Trinajstić information content (AvgIpc) is 2.77. The molecule has 1 amide bonds. The molecule has 1 aromatic heterocycles. The van der Waals surface area contributed by atoms with Crippen molar-refractivity contribution >= 4 is 34.1 Å². The van der Waals surface area contributed by atoms with Crippen molar-refractivity contribution in [3.8, 4) is 0 Å². The molecule has 0 unspecified atom stereocenters. The van der Waals surface area contributed by atoms with Gasteiger partial charge in [-0.3, -0.25) is 4.79 Å². The Morgan fingerprint density at radius 3 is 2.89 bits per heavy atom. The summed E-state index contributed by atoms with van der Waals surface area (Å²) in [6.45, 7) is 1.49. The Hall–Kier alpha value is -1.33. The van der Waals surface area contributed by atoms with Gasteiger partial charge in [0, 0.05) is 12.7 Å². The van der Waals surface area contributed by atoms with E-state index in [-0.39, 0.29) is 5.91 Å². The molecule has 1 N–H and O–H groups in total. The van der Waals surface area contributed by atoms with Gasteiger partial charge >= 0.3 is 0 Å². The lowest BCUT2D eigenvalue weighted by Gasteiger charge is -1.99. The summed E-state index contributed by atoms with van der Waals surface area (Å²) in [6, 6.07) is 10.4. The zero-order valence-corrected chi connectivity index (χ0v) is 11.7. The Balaban J connectivity index is 1.80. The van der Waals surface area contributed by atoms with Gasteiger partial charge in [-0.2, -0.15) is 0 Å². The highest BCUT2D eigenvalue weighted by atomic mass is 32.2. The molecule has 0 aliphatic heterocycles. The molecule has 0 aliphatic carbocycles. The first kappa shape index (κ1) is 13.1. The van der Waals surface area contributed by atoms with Crippen molar-refractivity contribution in [3.05, 3.63) is 42.1 Å². The number of benzene rings is 1. The molecule has 0 fully saturated rings. The highest BCUT2D eigenvalue weighted by Gasteiger charge is 2.03. The zero-order valence-electron chi connectivity index (χ0n) is 10.1. The number of thioether (sulfide) groups is 1. The smallest absolute Gasteiger partial charge is 0.223 e. The molecule has 2 rings (SSSR count). The van der Waals surface area contributed by atoms with Crippen LogP contribution in [0.1, 0.15) is 12.5 Å². The lowest BCUT2D eigenvalue weighted by molar-refractivity contribution is -0.114. The van der Waals surface area contributed by atoms with E-state index in [9.17, 15) is 4.79 Å². The number of anilines is 1. The highest BCUT2D eigenvalue weighted by Crippen LogP contribution is 2.28. The molecule has 0 aliphatic rings. The van der Waals surface area contributed by atoms with Crippen molar-refractivity contribution < 1.29 is 4.79 Å². The van der Waals surface area contributed by atoms with E-state index in [1.807, 2.05) is 12.3 Å². The summed E-state index contributed by atoms with van der Waals surface area (Å²) in [5.74, 6) is 0.941. The summed E-state index contributed by atoms with van der Waals surface area (Å²) in [5, 5.41) is 3.36. The van der Waals surface area contributed by atoms with Crippen LogP contribution in [-0.2, 0) is 11.2 Å². The molecule has 1 aromatic carbocycles.